The minimum absolute atomic E-state index is 0.255. The third-order valence-corrected chi connectivity index (χ3v) is 3.50. The Hall–Kier alpha value is -0.120. The first-order chi connectivity index (χ1) is 6.79. The van der Waals surface area contributed by atoms with E-state index in [4.69, 9.17) is 4.74 Å². The molecule has 2 N–H and O–H groups in total. The molecule has 2 saturated heterocycles. The van der Waals surface area contributed by atoms with E-state index in [9.17, 15) is 0 Å². The molecule has 1 atom stereocenters. The van der Waals surface area contributed by atoms with Gasteiger partial charge in [-0.3, -0.25) is 0 Å². The van der Waals surface area contributed by atoms with Crippen molar-refractivity contribution < 1.29 is 4.74 Å². The van der Waals surface area contributed by atoms with E-state index in [1.807, 2.05) is 0 Å². The van der Waals surface area contributed by atoms with Crippen molar-refractivity contribution in [3.63, 3.8) is 0 Å². The molecular formula is C11H22N2O. The Morgan fingerprint density at radius 2 is 2.21 bits per heavy atom. The molecule has 2 fully saturated rings. The summed E-state index contributed by atoms with van der Waals surface area (Å²) in [7, 11) is 0. The minimum Gasteiger partial charge on any atom is -0.379 e. The van der Waals surface area contributed by atoms with E-state index < -0.39 is 0 Å². The van der Waals surface area contributed by atoms with Crippen molar-refractivity contribution in [2.75, 3.05) is 32.8 Å². The molecule has 0 aromatic rings. The molecule has 1 unspecified atom stereocenters. The molecule has 2 heterocycles. The largest absolute Gasteiger partial charge is 0.379 e. The molecule has 0 aromatic heterocycles. The minimum atomic E-state index is 0.255. The maximum absolute atomic E-state index is 5.43. The summed E-state index contributed by atoms with van der Waals surface area (Å²) in [5, 5.41) is 7.07. The van der Waals surface area contributed by atoms with Crippen molar-refractivity contribution in [2.24, 2.45) is 5.92 Å². The van der Waals surface area contributed by atoms with E-state index in [0.29, 0.717) is 0 Å². The lowest BCUT2D eigenvalue weighted by Crippen LogP contribution is -2.46. The SMILES string of the molecule is CC1(NCC2CCNCC2)CCOC1. The molecule has 14 heavy (non-hydrogen) atoms. The van der Waals surface area contributed by atoms with Crippen molar-refractivity contribution in [1.82, 2.24) is 10.6 Å². The van der Waals surface area contributed by atoms with Gasteiger partial charge in [-0.05, 0) is 51.7 Å². The van der Waals surface area contributed by atoms with Gasteiger partial charge in [-0.1, -0.05) is 0 Å². The second kappa shape index (κ2) is 4.60. The van der Waals surface area contributed by atoms with Gasteiger partial charge in [-0.2, -0.15) is 0 Å². The third-order valence-electron chi connectivity index (χ3n) is 3.50. The summed E-state index contributed by atoms with van der Waals surface area (Å²) >= 11 is 0. The van der Waals surface area contributed by atoms with Crippen LogP contribution < -0.4 is 10.6 Å². The van der Waals surface area contributed by atoms with Gasteiger partial charge in [-0.15, -0.1) is 0 Å². The molecule has 3 heteroatoms. The van der Waals surface area contributed by atoms with Crippen LogP contribution in [0.2, 0.25) is 0 Å². The summed E-state index contributed by atoms with van der Waals surface area (Å²) in [6.45, 7) is 7.65. The Morgan fingerprint density at radius 3 is 2.86 bits per heavy atom. The van der Waals surface area contributed by atoms with Crippen LogP contribution >= 0.6 is 0 Å². The van der Waals surface area contributed by atoms with Crippen LogP contribution in [-0.4, -0.2) is 38.4 Å². The molecule has 82 valence electrons. The molecule has 0 bridgehead atoms. The number of rotatable bonds is 3. The highest BCUT2D eigenvalue weighted by Crippen LogP contribution is 2.19. The van der Waals surface area contributed by atoms with E-state index in [1.54, 1.807) is 0 Å². The van der Waals surface area contributed by atoms with E-state index in [1.165, 1.54) is 32.5 Å². The van der Waals surface area contributed by atoms with E-state index in [2.05, 4.69) is 17.6 Å². The van der Waals surface area contributed by atoms with Crippen molar-refractivity contribution >= 4 is 0 Å². The van der Waals surface area contributed by atoms with Gasteiger partial charge < -0.3 is 15.4 Å². The Balaban J connectivity index is 1.70. The Bertz CT molecular complexity index is 172. The second-order valence-electron chi connectivity index (χ2n) is 4.94. The van der Waals surface area contributed by atoms with Crippen LogP contribution in [0.1, 0.15) is 26.2 Å². The van der Waals surface area contributed by atoms with E-state index in [-0.39, 0.29) is 5.54 Å². The van der Waals surface area contributed by atoms with Gasteiger partial charge in [0.25, 0.3) is 0 Å². The fraction of sp³-hybridized carbons (Fsp3) is 1.00. The lowest BCUT2D eigenvalue weighted by atomic mass is 9.95. The van der Waals surface area contributed by atoms with Gasteiger partial charge in [-0.25, -0.2) is 0 Å². The van der Waals surface area contributed by atoms with Crippen LogP contribution in [0.5, 0.6) is 0 Å². The zero-order chi connectivity index (χ0) is 9.86. The molecule has 0 spiro atoms. The maximum Gasteiger partial charge on any atom is 0.0646 e. The average molecular weight is 198 g/mol. The first-order valence-electron chi connectivity index (χ1n) is 5.82. The molecule has 2 aliphatic rings. The monoisotopic (exact) mass is 198 g/mol. The highest BCUT2D eigenvalue weighted by Gasteiger charge is 2.29. The molecule has 0 aliphatic carbocycles. The van der Waals surface area contributed by atoms with Gasteiger partial charge in [0.05, 0.1) is 6.61 Å². The maximum atomic E-state index is 5.43. The molecule has 0 aromatic carbocycles. The summed E-state index contributed by atoms with van der Waals surface area (Å²) in [5.74, 6) is 0.869. The van der Waals surface area contributed by atoms with Crippen molar-refractivity contribution in [1.29, 1.82) is 0 Å². The van der Waals surface area contributed by atoms with Crippen LogP contribution in [0.4, 0.5) is 0 Å². The van der Waals surface area contributed by atoms with Crippen LogP contribution in [0.15, 0.2) is 0 Å². The van der Waals surface area contributed by atoms with Crippen LogP contribution in [0.25, 0.3) is 0 Å². The normalized spacial score (nSPS) is 34.9. The Morgan fingerprint density at radius 1 is 1.43 bits per heavy atom. The topological polar surface area (TPSA) is 33.3 Å². The summed E-state index contributed by atoms with van der Waals surface area (Å²) in [6, 6.07) is 0. The smallest absolute Gasteiger partial charge is 0.0646 e. The van der Waals surface area contributed by atoms with Crippen LogP contribution in [0, 0.1) is 5.92 Å². The molecule has 2 aliphatic heterocycles. The zero-order valence-electron chi connectivity index (χ0n) is 9.14. The lowest BCUT2D eigenvalue weighted by Gasteiger charge is -2.29. The van der Waals surface area contributed by atoms with Gasteiger partial charge in [0, 0.05) is 12.1 Å². The highest BCUT2D eigenvalue weighted by molar-refractivity contribution is 4.88. The van der Waals surface area contributed by atoms with Gasteiger partial charge in [0.2, 0.25) is 0 Å². The molecule has 2 rings (SSSR count). The number of piperidine rings is 1. The average Bonchev–Trinajstić information content (AvgIpc) is 2.65. The Kier molecular flexibility index (Phi) is 3.42. The molecular weight excluding hydrogens is 176 g/mol. The van der Waals surface area contributed by atoms with E-state index in [0.717, 1.165) is 25.6 Å². The predicted molar refractivity (Wildman–Crippen MR) is 57.4 cm³/mol. The molecule has 0 saturated carbocycles. The molecule has 0 radical (unpaired) electrons. The summed E-state index contributed by atoms with van der Waals surface area (Å²) in [6.07, 6.45) is 3.81. The number of hydrogen-bond donors (Lipinski definition) is 2. The van der Waals surface area contributed by atoms with Crippen molar-refractivity contribution in [3.05, 3.63) is 0 Å². The number of nitrogens with one attached hydrogen (secondary N) is 2. The van der Waals surface area contributed by atoms with Crippen molar-refractivity contribution in [2.45, 2.75) is 31.7 Å². The Labute approximate surface area is 86.6 Å². The van der Waals surface area contributed by atoms with Crippen molar-refractivity contribution in [3.8, 4) is 0 Å². The van der Waals surface area contributed by atoms with E-state index >= 15 is 0 Å². The second-order valence-corrected chi connectivity index (χ2v) is 4.94. The number of ether oxygens (including phenoxy) is 1. The number of hydrogen-bond acceptors (Lipinski definition) is 3. The molecule has 3 nitrogen and oxygen atoms in total. The highest BCUT2D eigenvalue weighted by atomic mass is 16.5. The quantitative estimate of drug-likeness (QED) is 0.702. The fourth-order valence-electron chi connectivity index (χ4n) is 2.28. The summed E-state index contributed by atoms with van der Waals surface area (Å²) in [5.41, 5.74) is 0.255. The van der Waals surface area contributed by atoms with Crippen LogP contribution in [0.3, 0.4) is 0 Å². The molecule has 0 amide bonds. The lowest BCUT2D eigenvalue weighted by molar-refractivity contribution is 0.168. The third kappa shape index (κ3) is 2.69. The van der Waals surface area contributed by atoms with Gasteiger partial charge >= 0.3 is 0 Å². The summed E-state index contributed by atoms with van der Waals surface area (Å²) < 4.78 is 5.43. The van der Waals surface area contributed by atoms with Crippen LogP contribution in [-0.2, 0) is 4.74 Å². The first kappa shape index (κ1) is 10.4. The standard InChI is InChI=1S/C11H22N2O/c1-11(4-7-14-9-11)13-8-10-2-5-12-6-3-10/h10,12-13H,2-9H2,1H3. The fourth-order valence-corrected chi connectivity index (χ4v) is 2.28. The first-order valence-corrected chi connectivity index (χ1v) is 5.82. The summed E-state index contributed by atoms with van der Waals surface area (Å²) in [4.78, 5) is 0. The van der Waals surface area contributed by atoms with Gasteiger partial charge in [0.1, 0.15) is 0 Å². The zero-order valence-corrected chi connectivity index (χ0v) is 9.14. The predicted octanol–water partition coefficient (Wildman–Crippen LogP) is 0.755. The van der Waals surface area contributed by atoms with Gasteiger partial charge in [0.15, 0.2) is 0 Å².